The van der Waals surface area contributed by atoms with Crippen molar-refractivity contribution in [2.24, 2.45) is 0 Å². The first kappa shape index (κ1) is 19.8. The Kier molecular flexibility index (Phi) is 6.83. The van der Waals surface area contributed by atoms with Crippen LogP contribution in [0.15, 0.2) is 48.5 Å². The summed E-state index contributed by atoms with van der Waals surface area (Å²) in [7, 11) is 1.79. The first-order valence-corrected chi connectivity index (χ1v) is 9.56. The second kappa shape index (κ2) is 9.31. The Morgan fingerprint density at radius 3 is 2.78 bits per heavy atom. The Hall–Kier alpha value is -1.95. The molecule has 4 nitrogen and oxygen atoms in total. The molecular formula is C21H25ClFN3O. The average molecular weight is 390 g/mol. The summed E-state index contributed by atoms with van der Waals surface area (Å²) >= 11 is 6.06. The second-order valence-electron chi connectivity index (χ2n) is 7.15. The molecule has 27 heavy (non-hydrogen) atoms. The third-order valence-corrected chi connectivity index (χ3v) is 5.14. The molecule has 0 radical (unpaired) electrons. The Balaban J connectivity index is 1.44. The number of hydrogen-bond acceptors (Lipinski definition) is 3. The fourth-order valence-electron chi connectivity index (χ4n) is 3.46. The molecule has 0 aromatic heterocycles. The number of benzene rings is 2. The number of halogens is 2. The fourth-order valence-corrected chi connectivity index (χ4v) is 3.69. The lowest BCUT2D eigenvalue weighted by molar-refractivity contribution is -0.122. The summed E-state index contributed by atoms with van der Waals surface area (Å²) in [4.78, 5) is 16.5. The number of likely N-dealkylation sites (tertiary alicyclic amines) is 1. The van der Waals surface area contributed by atoms with E-state index in [-0.39, 0.29) is 24.3 Å². The predicted molar refractivity (Wildman–Crippen MR) is 106 cm³/mol. The Bertz CT molecular complexity index is 751. The normalized spacial score (nSPS) is 17.4. The largest absolute Gasteiger partial charge is 0.351 e. The van der Waals surface area contributed by atoms with Crippen molar-refractivity contribution in [2.45, 2.75) is 25.6 Å². The minimum absolute atomic E-state index is 0.0449. The number of carbonyl (C=O) groups excluding carboxylic acids is 1. The lowest BCUT2D eigenvalue weighted by atomic mass is 10.2. The van der Waals surface area contributed by atoms with Gasteiger partial charge in [0, 0.05) is 42.8 Å². The molecule has 0 unspecified atom stereocenters. The van der Waals surface area contributed by atoms with E-state index in [9.17, 15) is 9.18 Å². The molecule has 0 aliphatic carbocycles. The number of rotatable bonds is 7. The van der Waals surface area contributed by atoms with Crippen LogP contribution in [-0.4, -0.2) is 48.4 Å². The van der Waals surface area contributed by atoms with E-state index in [0.717, 1.165) is 26.1 Å². The van der Waals surface area contributed by atoms with Crippen LogP contribution in [0.4, 0.5) is 4.39 Å². The van der Waals surface area contributed by atoms with Crippen molar-refractivity contribution in [1.82, 2.24) is 15.1 Å². The van der Waals surface area contributed by atoms with Crippen molar-refractivity contribution < 1.29 is 9.18 Å². The molecule has 1 aliphatic heterocycles. The van der Waals surface area contributed by atoms with Gasteiger partial charge in [-0.15, -0.1) is 0 Å². The molecule has 1 N–H and O–H groups in total. The molecule has 1 aliphatic rings. The van der Waals surface area contributed by atoms with Gasteiger partial charge in [-0.1, -0.05) is 48.0 Å². The van der Waals surface area contributed by atoms with E-state index in [2.05, 4.69) is 22.3 Å². The molecule has 2 aromatic carbocycles. The Labute approximate surface area is 164 Å². The van der Waals surface area contributed by atoms with Crippen LogP contribution in [-0.2, 0) is 17.9 Å². The number of carbonyl (C=O) groups is 1. The molecule has 2 aromatic rings. The Morgan fingerprint density at radius 2 is 2.04 bits per heavy atom. The van der Waals surface area contributed by atoms with E-state index in [4.69, 9.17) is 11.6 Å². The molecule has 1 atom stereocenters. The summed E-state index contributed by atoms with van der Waals surface area (Å²) in [5, 5.41) is 3.48. The van der Waals surface area contributed by atoms with Gasteiger partial charge >= 0.3 is 0 Å². The van der Waals surface area contributed by atoms with Crippen LogP contribution in [0.2, 0.25) is 5.02 Å². The third-order valence-electron chi connectivity index (χ3n) is 4.79. The van der Waals surface area contributed by atoms with Gasteiger partial charge in [0.25, 0.3) is 0 Å². The van der Waals surface area contributed by atoms with Crippen LogP contribution in [0.3, 0.4) is 0 Å². The molecule has 0 saturated carbocycles. The van der Waals surface area contributed by atoms with Crippen LogP contribution in [0.25, 0.3) is 0 Å². The highest BCUT2D eigenvalue weighted by Gasteiger charge is 2.24. The lowest BCUT2D eigenvalue weighted by Gasteiger charge is -2.20. The van der Waals surface area contributed by atoms with E-state index in [1.165, 1.54) is 11.6 Å². The second-order valence-corrected chi connectivity index (χ2v) is 7.55. The van der Waals surface area contributed by atoms with E-state index in [1.54, 1.807) is 24.1 Å². The molecular weight excluding hydrogens is 365 g/mol. The number of likely N-dealkylation sites (N-methyl/N-ethyl adjacent to an activating group) is 1. The van der Waals surface area contributed by atoms with Gasteiger partial charge in [0.1, 0.15) is 5.82 Å². The number of amides is 1. The first-order valence-electron chi connectivity index (χ1n) is 9.18. The van der Waals surface area contributed by atoms with Crippen LogP contribution in [0.1, 0.15) is 17.5 Å². The van der Waals surface area contributed by atoms with Gasteiger partial charge in [-0.05, 0) is 31.2 Å². The summed E-state index contributed by atoms with van der Waals surface area (Å²) in [6.45, 7) is 3.23. The molecule has 3 rings (SSSR count). The summed E-state index contributed by atoms with van der Waals surface area (Å²) in [5.74, 6) is -0.390. The maximum absolute atomic E-state index is 13.9. The maximum Gasteiger partial charge on any atom is 0.234 e. The minimum Gasteiger partial charge on any atom is -0.351 e. The van der Waals surface area contributed by atoms with Gasteiger partial charge in [-0.25, -0.2) is 4.39 Å². The molecule has 1 saturated heterocycles. The quantitative estimate of drug-likeness (QED) is 0.789. The smallest absolute Gasteiger partial charge is 0.234 e. The molecule has 6 heteroatoms. The number of nitrogens with one attached hydrogen (secondary N) is 1. The lowest BCUT2D eigenvalue weighted by Crippen LogP contribution is -2.42. The monoisotopic (exact) mass is 389 g/mol. The minimum atomic E-state index is -0.345. The Morgan fingerprint density at radius 1 is 1.26 bits per heavy atom. The zero-order chi connectivity index (χ0) is 19.2. The van der Waals surface area contributed by atoms with Crippen molar-refractivity contribution >= 4 is 17.5 Å². The van der Waals surface area contributed by atoms with Crippen molar-refractivity contribution in [3.8, 4) is 0 Å². The zero-order valence-electron chi connectivity index (χ0n) is 15.5. The summed E-state index contributed by atoms with van der Waals surface area (Å²) in [5.41, 5.74) is 1.70. The highest BCUT2D eigenvalue weighted by atomic mass is 35.5. The molecule has 1 amide bonds. The maximum atomic E-state index is 13.9. The average Bonchev–Trinajstić information content (AvgIpc) is 3.05. The molecule has 1 heterocycles. The van der Waals surface area contributed by atoms with Crippen molar-refractivity contribution in [3.05, 3.63) is 70.5 Å². The van der Waals surface area contributed by atoms with Crippen LogP contribution < -0.4 is 5.32 Å². The highest BCUT2D eigenvalue weighted by molar-refractivity contribution is 6.31. The molecule has 1 fully saturated rings. The summed E-state index contributed by atoms with van der Waals surface area (Å²) in [6.07, 6.45) is 0.946. The van der Waals surface area contributed by atoms with E-state index in [0.29, 0.717) is 17.1 Å². The van der Waals surface area contributed by atoms with Crippen molar-refractivity contribution in [1.29, 1.82) is 0 Å². The highest BCUT2D eigenvalue weighted by Crippen LogP contribution is 2.20. The van der Waals surface area contributed by atoms with E-state index < -0.39 is 0 Å². The van der Waals surface area contributed by atoms with Gasteiger partial charge in [-0.3, -0.25) is 14.6 Å². The zero-order valence-corrected chi connectivity index (χ0v) is 16.3. The van der Waals surface area contributed by atoms with Gasteiger partial charge in [0.2, 0.25) is 5.91 Å². The van der Waals surface area contributed by atoms with Gasteiger partial charge in [-0.2, -0.15) is 0 Å². The summed E-state index contributed by atoms with van der Waals surface area (Å²) < 4.78 is 13.9. The number of nitrogens with zero attached hydrogens (tertiary/aromatic N) is 2. The predicted octanol–water partition coefficient (Wildman–Crippen LogP) is 3.30. The van der Waals surface area contributed by atoms with Crippen LogP contribution >= 0.6 is 11.6 Å². The van der Waals surface area contributed by atoms with Gasteiger partial charge in [0.05, 0.1) is 6.54 Å². The molecule has 0 spiro atoms. The van der Waals surface area contributed by atoms with E-state index in [1.807, 2.05) is 18.2 Å². The topological polar surface area (TPSA) is 35.6 Å². The molecule has 0 bridgehead atoms. The molecule has 144 valence electrons. The number of hydrogen-bond donors (Lipinski definition) is 1. The van der Waals surface area contributed by atoms with Crippen LogP contribution in [0, 0.1) is 5.82 Å². The van der Waals surface area contributed by atoms with E-state index >= 15 is 0 Å². The van der Waals surface area contributed by atoms with Crippen molar-refractivity contribution in [3.63, 3.8) is 0 Å². The van der Waals surface area contributed by atoms with Gasteiger partial charge in [0.15, 0.2) is 0 Å². The fraction of sp³-hybridized carbons (Fsp3) is 0.381. The third kappa shape index (κ3) is 5.76. The first-order chi connectivity index (χ1) is 13.0. The standard InChI is InChI=1S/C21H25ClFN3O/c1-25(14-18-19(22)8-5-9-20(18)23)15-21(27)24-17-10-11-26(13-17)12-16-6-3-2-4-7-16/h2-9,17H,10-15H2,1H3,(H,24,27)/t17-/m1/s1. The SMILES string of the molecule is CN(CC(=O)N[C@@H]1CCN(Cc2ccccc2)C1)Cc1c(F)cccc1Cl. The summed E-state index contributed by atoms with van der Waals surface area (Å²) in [6, 6.07) is 15.1. The van der Waals surface area contributed by atoms with Crippen LogP contribution in [0.5, 0.6) is 0 Å². The van der Waals surface area contributed by atoms with Gasteiger partial charge < -0.3 is 5.32 Å². The van der Waals surface area contributed by atoms with Crippen molar-refractivity contribution in [2.75, 3.05) is 26.7 Å².